The number of methoxy groups -OCH3 is 1. The number of amides is 2. The van der Waals surface area contributed by atoms with Crippen molar-refractivity contribution in [2.24, 2.45) is 5.92 Å². The van der Waals surface area contributed by atoms with Gasteiger partial charge >= 0.3 is 0 Å². The average Bonchev–Trinajstić information content (AvgIpc) is 3.32. The minimum absolute atomic E-state index is 0.0523. The van der Waals surface area contributed by atoms with Crippen molar-refractivity contribution < 1.29 is 23.5 Å². The second kappa shape index (κ2) is 9.83. The second-order valence-corrected chi connectivity index (χ2v) is 8.70. The van der Waals surface area contributed by atoms with E-state index in [9.17, 15) is 14.0 Å². The fraction of sp³-hybridized carbons (Fsp3) is 0.360. The minimum atomic E-state index is -0.305. The monoisotopic (exact) mass is 479 g/mol. The van der Waals surface area contributed by atoms with Crippen LogP contribution in [0.2, 0.25) is 0 Å². The number of likely N-dealkylation sites (tertiary alicyclic amines) is 1. The number of piperidine rings is 1. The number of carbonyl (C=O) groups is 2. The minimum Gasteiger partial charge on any atom is -0.497 e. The van der Waals surface area contributed by atoms with E-state index >= 15 is 0 Å². The molecule has 35 heavy (non-hydrogen) atoms. The molecule has 2 aliphatic rings. The molecule has 1 unspecified atom stereocenters. The van der Waals surface area contributed by atoms with E-state index in [-0.39, 0.29) is 42.0 Å². The lowest BCUT2D eigenvalue weighted by atomic mass is 9.95. The largest absolute Gasteiger partial charge is 0.497 e. The van der Waals surface area contributed by atoms with Crippen LogP contribution in [0, 0.1) is 11.7 Å². The first kappa shape index (κ1) is 23.0. The molecule has 2 aliphatic heterocycles. The molecule has 1 saturated heterocycles. The molecule has 3 heterocycles. The van der Waals surface area contributed by atoms with Crippen molar-refractivity contribution in [3.8, 4) is 5.75 Å². The molecule has 0 saturated carbocycles. The van der Waals surface area contributed by atoms with Crippen LogP contribution in [0.25, 0.3) is 0 Å². The molecule has 1 atom stereocenters. The highest BCUT2D eigenvalue weighted by Crippen LogP contribution is 2.28. The zero-order valence-electron chi connectivity index (χ0n) is 19.3. The Morgan fingerprint density at radius 1 is 1.09 bits per heavy atom. The number of anilines is 1. The number of rotatable bonds is 5. The van der Waals surface area contributed by atoms with E-state index in [1.54, 1.807) is 53.1 Å². The molecular weight excluding hydrogens is 453 g/mol. The molecule has 0 aliphatic carbocycles. The summed E-state index contributed by atoms with van der Waals surface area (Å²) in [7, 11) is 1.59. The highest BCUT2D eigenvalue weighted by atomic mass is 19.1. The maximum Gasteiger partial charge on any atom is 0.276 e. The maximum absolute atomic E-state index is 13.2. The standard InChI is InChI=1S/C25H26FN5O4/c1-34-20-8-6-19(7-9-20)27-24(32)17-10-12-30(13-11-17)25(33)23-21-15-35-22(14-31(21)29-28-23)16-2-4-18(26)5-3-16/h2-9,17,22H,10-15H2,1H3,(H,27,32). The van der Waals surface area contributed by atoms with Gasteiger partial charge in [0.25, 0.3) is 5.91 Å². The lowest BCUT2D eigenvalue weighted by Gasteiger charge is -2.31. The van der Waals surface area contributed by atoms with Crippen molar-refractivity contribution in [2.45, 2.75) is 32.1 Å². The molecule has 10 heteroatoms. The molecule has 1 fully saturated rings. The van der Waals surface area contributed by atoms with Gasteiger partial charge in [0, 0.05) is 24.7 Å². The van der Waals surface area contributed by atoms with Crippen molar-refractivity contribution in [1.82, 2.24) is 19.9 Å². The molecule has 9 nitrogen and oxygen atoms in total. The Bertz CT molecular complexity index is 1200. The third kappa shape index (κ3) is 4.88. The molecule has 3 aromatic rings. The summed E-state index contributed by atoms with van der Waals surface area (Å²) in [4.78, 5) is 27.5. The van der Waals surface area contributed by atoms with E-state index in [4.69, 9.17) is 9.47 Å². The van der Waals surface area contributed by atoms with Gasteiger partial charge in [-0.3, -0.25) is 9.59 Å². The van der Waals surface area contributed by atoms with Crippen LogP contribution >= 0.6 is 0 Å². The number of aromatic nitrogens is 3. The molecule has 1 N–H and O–H groups in total. The summed E-state index contributed by atoms with van der Waals surface area (Å²) in [5, 5.41) is 11.2. The molecule has 2 aromatic carbocycles. The highest BCUT2D eigenvalue weighted by Gasteiger charge is 2.33. The van der Waals surface area contributed by atoms with Crippen LogP contribution in [-0.4, -0.2) is 51.9 Å². The van der Waals surface area contributed by atoms with Crippen LogP contribution in [0.4, 0.5) is 10.1 Å². The Hall–Kier alpha value is -3.79. The molecule has 1 aromatic heterocycles. The average molecular weight is 480 g/mol. The highest BCUT2D eigenvalue weighted by molar-refractivity contribution is 5.94. The van der Waals surface area contributed by atoms with E-state index in [2.05, 4.69) is 15.6 Å². The predicted octanol–water partition coefficient (Wildman–Crippen LogP) is 3.19. The maximum atomic E-state index is 13.2. The van der Waals surface area contributed by atoms with Gasteiger partial charge in [0.2, 0.25) is 5.91 Å². The molecular formula is C25H26FN5O4. The molecule has 0 spiro atoms. The first-order chi connectivity index (χ1) is 17.0. The van der Waals surface area contributed by atoms with E-state index in [0.29, 0.717) is 43.9 Å². The van der Waals surface area contributed by atoms with Gasteiger partial charge in [-0.15, -0.1) is 5.10 Å². The van der Waals surface area contributed by atoms with Crippen molar-refractivity contribution in [2.75, 3.05) is 25.5 Å². The van der Waals surface area contributed by atoms with E-state index in [1.165, 1.54) is 12.1 Å². The van der Waals surface area contributed by atoms with Crippen molar-refractivity contribution in [1.29, 1.82) is 0 Å². The van der Waals surface area contributed by atoms with Crippen LogP contribution in [0.1, 0.15) is 40.7 Å². The van der Waals surface area contributed by atoms with Crippen molar-refractivity contribution >= 4 is 17.5 Å². The van der Waals surface area contributed by atoms with Gasteiger partial charge in [-0.05, 0) is 54.8 Å². The first-order valence-electron chi connectivity index (χ1n) is 11.6. The fourth-order valence-corrected chi connectivity index (χ4v) is 4.47. The number of hydrogen-bond acceptors (Lipinski definition) is 6. The Labute approximate surface area is 201 Å². The number of nitrogens with zero attached hydrogens (tertiary/aromatic N) is 4. The predicted molar refractivity (Wildman–Crippen MR) is 124 cm³/mol. The lowest BCUT2D eigenvalue weighted by Crippen LogP contribution is -2.42. The van der Waals surface area contributed by atoms with Crippen molar-refractivity contribution in [3.05, 3.63) is 71.3 Å². The van der Waals surface area contributed by atoms with Gasteiger partial charge in [0.1, 0.15) is 17.7 Å². The summed E-state index contributed by atoms with van der Waals surface area (Å²) < 4.78 is 26.0. The molecule has 0 radical (unpaired) electrons. The normalized spacial score (nSPS) is 18.1. The topological polar surface area (TPSA) is 98.6 Å². The van der Waals surface area contributed by atoms with Gasteiger partial charge in [-0.25, -0.2) is 9.07 Å². The molecule has 182 valence electrons. The summed E-state index contributed by atoms with van der Waals surface area (Å²) in [6.07, 6.45) is 0.855. The fourth-order valence-electron chi connectivity index (χ4n) is 4.47. The zero-order chi connectivity index (χ0) is 24.4. The Morgan fingerprint density at radius 2 is 1.80 bits per heavy atom. The quantitative estimate of drug-likeness (QED) is 0.604. The zero-order valence-corrected chi connectivity index (χ0v) is 19.3. The summed E-state index contributed by atoms with van der Waals surface area (Å²) in [5.74, 6) is -0.00866. The molecule has 2 amide bonds. The first-order valence-corrected chi connectivity index (χ1v) is 11.6. The van der Waals surface area contributed by atoms with Gasteiger partial charge in [0.05, 0.1) is 26.0 Å². The number of hydrogen-bond donors (Lipinski definition) is 1. The SMILES string of the molecule is COc1ccc(NC(=O)C2CCN(C(=O)c3nnn4c3COC(c3ccc(F)cc3)C4)CC2)cc1. The third-order valence-electron chi connectivity index (χ3n) is 6.55. The van der Waals surface area contributed by atoms with Crippen LogP contribution in [0.3, 0.4) is 0 Å². The number of halogens is 1. The number of ether oxygens (including phenoxy) is 2. The number of fused-ring (bicyclic) bond motifs is 1. The third-order valence-corrected chi connectivity index (χ3v) is 6.55. The Balaban J connectivity index is 1.17. The molecule has 5 rings (SSSR count). The van der Waals surface area contributed by atoms with Crippen molar-refractivity contribution in [3.63, 3.8) is 0 Å². The van der Waals surface area contributed by atoms with Crippen LogP contribution < -0.4 is 10.1 Å². The Morgan fingerprint density at radius 3 is 2.49 bits per heavy atom. The summed E-state index contributed by atoms with van der Waals surface area (Å²) in [5.41, 5.74) is 2.47. The van der Waals surface area contributed by atoms with Gasteiger partial charge in [-0.2, -0.15) is 0 Å². The van der Waals surface area contributed by atoms with E-state index < -0.39 is 0 Å². The summed E-state index contributed by atoms with van der Waals surface area (Å²) in [6.45, 7) is 1.52. The second-order valence-electron chi connectivity index (χ2n) is 8.70. The lowest BCUT2D eigenvalue weighted by molar-refractivity contribution is -0.121. The number of benzene rings is 2. The van der Waals surface area contributed by atoms with Crippen LogP contribution in [0.15, 0.2) is 48.5 Å². The van der Waals surface area contributed by atoms with Gasteiger partial charge < -0.3 is 19.7 Å². The molecule has 0 bridgehead atoms. The Kier molecular flexibility index (Phi) is 6.45. The number of nitrogens with one attached hydrogen (secondary N) is 1. The summed E-state index contributed by atoms with van der Waals surface area (Å²) >= 11 is 0. The van der Waals surface area contributed by atoms with Gasteiger partial charge in [-0.1, -0.05) is 17.3 Å². The number of carbonyl (C=O) groups excluding carboxylic acids is 2. The van der Waals surface area contributed by atoms with E-state index in [1.807, 2.05) is 0 Å². The van der Waals surface area contributed by atoms with Gasteiger partial charge in [0.15, 0.2) is 5.69 Å². The van der Waals surface area contributed by atoms with Crippen LogP contribution in [-0.2, 0) is 22.7 Å². The van der Waals surface area contributed by atoms with Crippen LogP contribution in [0.5, 0.6) is 5.75 Å². The smallest absolute Gasteiger partial charge is 0.276 e. The summed E-state index contributed by atoms with van der Waals surface area (Å²) in [6, 6.07) is 13.3. The van der Waals surface area contributed by atoms with E-state index in [0.717, 1.165) is 11.3 Å².